The van der Waals surface area contributed by atoms with Gasteiger partial charge >= 0.3 is 0 Å². The first-order valence-electron chi connectivity index (χ1n) is 16.0. The third kappa shape index (κ3) is 3.65. The van der Waals surface area contributed by atoms with Crippen LogP contribution in [0, 0.1) is 0 Å². The highest BCUT2D eigenvalue weighted by atomic mass is 15.0. The van der Waals surface area contributed by atoms with E-state index >= 15 is 0 Å². The smallest absolute Gasteiger partial charge is 0.164 e. The van der Waals surface area contributed by atoms with Crippen molar-refractivity contribution in [1.29, 1.82) is 0 Å². The summed E-state index contributed by atoms with van der Waals surface area (Å²) in [5.41, 5.74) is 12.9. The fourth-order valence-corrected chi connectivity index (χ4v) is 8.00. The van der Waals surface area contributed by atoms with Gasteiger partial charge in [-0.3, -0.25) is 0 Å². The predicted octanol–water partition coefficient (Wildman–Crippen LogP) is 10.4. The molecule has 10 rings (SSSR count). The van der Waals surface area contributed by atoms with E-state index in [1.165, 1.54) is 44.5 Å². The molecule has 2 aliphatic carbocycles. The standard InChI is InChI=1S/C44H27N3/c1-2-14-29(15-3-1)41-45-42(47-43(46-41)35-21-12-16-28-13-4-5-17-31(28)35)30-25-26-40-36(27-30)34-20-8-11-24-39(34)44(40)37-22-9-6-18-32(37)33-19-7-10-23-38(33)44/h1-27H. The van der Waals surface area contributed by atoms with E-state index in [0.29, 0.717) is 17.5 Å². The summed E-state index contributed by atoms with van der Waals surface area (Å²) in [6.07, 6.45) is 0. The van der Waals surface area contributed by atoms with E-state index in [1.54, 1.807) is 0 Å². The topological polar surface area (TPSA) is 38.7 Å². The summed E-state index contributed by atoms with van der Waals surface area (Å²) in [5, 5.41) is 2.28. The minimum atomic E-state index is -0.375. The van der Waals surface area contributed by atoms with Crippen LogP contribution in [-0.2, 0) is 5.41 Å². The van der Waals surface area contributed by atoms with Crippen molar-refractivity contribution in [3.05, 3.63) is 186 Å². The Bertz CT molecular complexity index is 2480. The second-order valence-corrected chi connectivity index (χ2v) is 12.3. The maximum atomic E-state index is 5.17. The Morgan fingerprint density at radius 2 is 0.809 bits per heavy atom. The van der Waals surface area contributed by atoms with Crippen molar-refractivity contribution in [2.75, 3.05) is 0 Å². The van der Waals surface area contributed by atoms with Crippen molar-refractivity contribution < 1.29 is 0 Å². The largest absolute Gasteiger partial charge is 0.208 e. The first-order valence-corrected chi connectivity index (χ1v) is 16.0. The van der Waals surface area contributed by atoms with Gasteiger partial charge in [-0.15, -0.1) is 0 Å². The van der Waals surface area contributed by atoms with Crippen molar-refractivity contribution >= 4 is 10.8 Å². The average Bonchev–Trinajstić information content (AvgIpc) is 3.62. The summed E-state index contributed by atoms with van der Waals surface area (Å²) in [5.74, 6) is 1.99. The molecule has 0 amide bonds. The number of nitrogens with zero attached hydrogens (tertiary/aromatic N) is 3. The Balaban J connectivity index is 1.22. The van der Waals surface area contributed by atoms with Gasteiger partial charge in [0.25, 0.3) is 0 Å². The molecule has 3 nitrogen and oxygen atoms in total. The lowest BCUT2D eigenvalue weighted by Gasteiger charge is -2.30. The molecule has 0 aliphatic heterocycles. The second kappa shape index (κ2) is 9.90. The predicted molar refractivity (Wildman–Crippen MR) is 190 cm³/mol. The molecule has 7 aromatic carbocycles. The van der Waals surface area contributed by atoms with E-state index in [2.05, 4.69) is 146 Å². The Morgan fingerprint density at radius 3 is 1.51 bits per heavy atom. The van der Waals surface area contributed by atoms with Crippen LogP contribution >= 0.6 is 0 Å². The molecule has 0 radical (unpaired) electrons. The molecule has 0 atom stereocenters. The van der Waals surface area contributed by atoms with Crippen LogP contribution in [0.5, 0.6) is 0 Å². The first kappa shape index (κ1) is 26.1. The van der Waals surface area contributed by atoms with Gasteiger partial charge in [0.1, 0.15) is 0 Å². The Labute approximate surface area is 272 Å². The monoisotopic (exact) mass is 597 g/mol. The molecular weight excluding hydrogens is 571 g/mol. The van der Waals surface area contributed by atoms with Gasteiger partial charge in [0, 0.05) is 16.7 Å². The maximum Gasteiger partial charge on any atom is 0.164 e. The normalized spacial score (nSPS) is 13.3. The lowest BCUT2D eigenvalue weighted by Crippen LogP contribution is -2.25. The molecule has 0 saturated heterocycles. The van der Waals surface area contributed by atoms with Crippen molar-refractivity contribution in [1.82, 2.24) is 15.0 Å². The number of hydrogen-bond acceptors (Lipinski definition) is 3. The molecular formula is C44H27N3. The van der Waals surface area contributed by atoms with Crippen LogP contribution in [-0.4, -0.2) is 15.0 Å². The Hall–Kier alpha value is -6.19. The SMILES string of the molecule is c1ccc(-c2nc(-c3ccc4c(c3)-c3ccccc3C43c4ccccc4-c4ccccc43)nc(-c3cccc4ccccc34)n2)cc1. The van der Waals surface area contributed by atoms with Gasteiger partial charge in [-0.25, -0.2) is 15.0 Å². The molecule has 1 aromatic heterocycles. The fourth-order valence-electron chi connectivity index (χ4n) is 8.00. The van der Waals surface area contributed by atoms with E-state index in [9.17, 15) is 0 Å². The number of rotatable bonds is 3. The molecule has 0 saturated carbocycles. The zero-order valence-corrected chi connectivity index (χ0v) is 25.4. The molecule has 8 aromatic rings. The molecule has 3 heteroatoms. The molecule has 47 heavy (non-hydrogen) atoms. The van der Waals surface area contributed by atoms with Crippen LogP contribution in [0.2, 0.25) is 0 Å². The number of hydrogen-bond donors (Lipinski definition) is 0. The summed E-state index contributed by atoms with van der Waals surface area (Å²) < 4.78 is 0. The van der Waals surface area contributed by atoms with Gasteiger partial charge in [0.05, 0.1) is 5.41 Å². The van der Waals surface area contributed by atoms with Crippen LogP contribution in [0.25, 0.3) is 67.2 Å². The van der Waals surface area contributed by atoms with E-state index in [4.69, 9.17) is 15.0 Å². The summed E-state index contributed by atoms with van der Waals surface area (Å²) in [6, 6.07) is 58.4. The average molecular weight is 598 g/mol. The van der Waals surface area contributed by atoms with Crippen LogP contribution in [0.1, 0.15) is 22.3 Å². The first-order chi connectivity index (χ1) is 23.3. The van der Waals surface area contributed by atoms with Crippen LogP contribution in [0.3, 0.4) is 0 Å². The minimum Gasteiger partial charge on any atom is -0.208 e. The lowest BCUT2D eigenvalue weighted by molar-refractivity contribution is 0.794. The second-order valence-electron chi connectivity index (χ2n) is 12.3. The lowest BCUT2D eigenvalue weighted by atomic mass is 9.70. The summed E-state index contributed by atoms with van der Waals surface area (Å²) in [4.78, 5) is 15.3. The molecule has 0 fully saturated rings. The van der Waals surface area contributed by atoms with Gasteiger partial charge < -0.3 is 0 Å². The summed E-state index contributed by atoms with van der Waals surface area (Å²) in [6.45, 7) is 0. The van der Waals surface area contributed by atoms with Crippen LogP contribution in [0.4, 0.5) is 0 Å². The zero-order chi connectivity index (χ0) is 31.0. The minimum absolute atomic E-state index is 0.375. The fraction of sp³-hybridized carbons (Fsp3) is 0.0227. The van der Waals surface area contributed by atoms with Crippen molar-refractivity contribution in [2.45, 2.75) is 5.41 Å². The molecule has 1 spiro atoms. The van der Waals surface area contributed by atoms with Crippen LogP contribution < -0.4 is 0 Å². The van der Waals surface area contributed by atoms with Gasteiger partial charge in [0.15, 0.2) is 17.5 Å². The van der Waals surface area contributed by atoms with E-state index in [-0.39, 0.29) is 5.41 Å². The zero-order valence-electron chi connectivity index (χ0n) is 25.4. The third-order valence-electron chi connectivity index (χ3n) is 9.95. The molecule has 2 aliphatic rings. The number of aromatic nitrogens is 3. The summed E-state index contributed by atoms with van der Waals surface area (Å²) in [7, 11) is 0. The molecule has 0 unspecified atom stereocenters. The number of benzene rings is 7. The quantitative estimate of drug-likeness (QED) is 0.203. The van der Waals surface area contributed by atoms with Gasteiger partial charge in [-0.2, -0.15) is 0 Å². The van der Waals surface area contributed by atoms with Gasteiger partial charge in [-0.05, 0) is 61.3 Å². The highest BCUT2D eigenvalue weighted by Crippen LogP contribution is 2.62. The molecule has 0 bridgehead atoms. The Morgan fingerprint density at radius 1 is 0.319 bits per heavy atom. The van der Waals surface area contributed by atoms with E-state index in [0.717, 1.165) is 27.5 Å². The number of fused-ring (bicyclic) bond motifs is 11. The summed E-state index contributed by atoms with van der Waals surface area (Å²) >= 11 is 0. The third-order valence-corrected chi connectivity index (χ3v) is 9.95. The van der Waals surface area contributed by atoms with Gasteiger partial charge in [0.2, 0.25) is 0 Å². The van der Waals surface area contributed by atoms with Gasteiger partial charge in [-0.1, -0.05) is 158 Å². The molecule has 0 N–H and O–H groups in total. The van der Waals surface area contributed by atoms with E-state index < -0.39 is 0 Å². The maximum absolute atomic E-state index is 5.17. The molecule has 1 heterocycles. The Kier molecular flexibility index (Phi) is 5.49. The van der Waals surface area contributed by atoms with Crippen LogP contribution in [0.15, 0.2) is 164 Å². The van der Waals surface area contributed by atoms with Crippen molar-refractivity contribution in [3.63, 3.8) is 0 Å². The highest BCUT2D eigenvalue weighted by Gasteiger charge is 2.51. The molecule has 218 valence electrons. The van der Waals surface area contributed by atoms with Crippen molar-refractivity contribution in [2.24, 2.45) is 0 Å². The highest BCUT2D eigenvalue weighted by molar-refractivity contribution is 5.97. The van der Waals surface area contributed by atoms with Crippen molar-refractivity contribution in [3.8, 4) is 56.4 Å². The van der Waals surface area contributed by atoms with E-state index in [1.807, 2.05) is 18.2 Å².